The predicted octanol–water partition coefficient (Wildman–Crippen LogP) is 9.31. The summed E-state index contributed by atoms with van der Waals surface area (Å²) >= 11 is 0. The van der Waals surface area contributed by atoms with E-state index >= 15 is 0 Å². The highest BCUT2D eigenvalue weighted by Gasteiger charge is 2.26. The van der Waals surface area contributed by atoms with Crippen molar-refractivity contribution in [2.24, 2.45) is 0 Å². The third kappa shape index (κ3) is 27.7. The van der Waals surface area contributed by atoms with Crippen molar-refractivity contribution in [3.05, 3.63) is 12.2 Å². The number of aliphatic hydroxyl groups is 3. The molecule has 0 aliphatic heterocycles. The van der Waals surface area contributed by atoms with Crippen LogP contribution < -0.4 is 5.32 Å². The van der Waals surface area contributed by atoms with Gasteiger partial charge in [0, 0.05) is 6.42 Å². The van der Waals surface area contributed by atoms with Gasteiger partial charge in [-0.25, -0.2) is 0 Å². The van der Waals surface area contributed by atoms with Gasteiger partial charge in [0.05, 0.1) is 18.8 Å². The summed E-state index contributed by atoms with van der Waals surface area (Å²) in [5, 5.41) is 33.3. The molecule has 4 N–H and O–H groups in total. The summed E-state index contributed by atoms with van der Waals surface area (Å²) in [5.41, 5.74) is 0. The molecular weight excluding hydrogens is 510 g/mol. The van der Waals surface area contributed by atoms with E-state index in [9.17, 15) is 20.1 Å². The van der Waals surface area contributed by atoms with Gasteiger partial charge < -0.3 is 20.6 Å². The van der Waals surface area contributed by atoms with Gasteiger partial charge in [-0.3, -0.25) is 4.79 Å². The molecule has 3 unspecified atom stereocenters. The number of hydrogen-bond acceptors (Lipinski definition) is 4. The molecule has 0 fully saturated rings. The van der Waals surface area contributed by atoms with Crippen LogP contribution in [0.15, 0.2) is 12.2 Å². The highest BCUT2D eigenvalue weighted by Crippen LogP contribution is 2.14. The van der Waals surface area contributed by atoms with E-state index in [0.29, 0.717) is 12.8 Å². The van der Waals surface area contributed by atoms with Crippen molar-refractivity contribution < 1.29 is 20.1 Å². The van der Waals surface area contributed by atoms with E-state index in [-0.39, 0.29) is 12.5 Å². The monoisotopic (exact) mass is 582 g/mol. The van der Waals surface area contributed by atoms with Crippen LogP contribution >= 0.6 is 0 Å². The molecule has 0 saturated carbocycles. The molecule has 0 rings (SSSR count). The van der Waals surface area contributed by atoms with Crippen LogP contribution in [0.1, 0.15) is 187 Å². The number of rotatable bonds is 32. The van der Waals surface area contributed by atoms with E-state index in [1.165, 1.54) is 122 Å². The van der Waals surface area contributed by atoms with E-state index in [4.69, 9.17) is 0 Å². The molecule has 0 aromatic rings. The number of hydrogen-bond donors (Lipinski definition) is 4. The lowest BCUT2D eigenvalue weighted by Gasteiger charge is -2.26. The first kappa shape index (κ1) is 40.1. The summed E-state index contributed by atoms with van der Waals surface area (Å²) in [5.74, 6) is -0.155. The highest BCUT2D eigenvalue weighted by atomic mass is 16.3. The molecule has 0 saturated heterocycles. The number of carbonyl (C=O) groups is 1. The lowest BCUT2D eigenvalue weighted by Crippen LogP contribution is -2.50. The minimum Gasteiger partial charge on any atom is -0.394 e. The molecule has 3 atom stereocenters. The third-order valence-electron chi connectivity index (χ3n) is 8.37. The fourth-order valence-corrected chi connectivity index (χ4v) is 5.51. The van der Waals surface area contributed by atoms with Gasteiger partial charge in [-0.15, -0.1) is 0 Å². The van der Waals surface area contributed by atoms with Crippen LogP contribution in [0, 0.1) is 0 Å². The molecule has 0 aromatic carbocycles. The van der Waals surface area contributed by atoms with Gasteiger partial charge in [0.2, 0.25) is 5.91 Å². The second-order valence-corrected chi connectivity index (χ2v) is 12.4. The molecule has 0 spiro atoms. The van der Waals surface area contributed by atoms with E-state index in [1.807, 2.05) is 0 Å². The molecule has 0 aliphatic rings. The van der Waals surface area contributed by atoms with Gasteiger partial charge in [0.25, 0.3) is 0 Å². The largest absolute Gasteiger partial charge is 0.394 e. The van der Waals surface area contributed by atoms with Gasteiger partial charge in [0.15, 0.2) is 0 Å². The Labute approximate surface area is 255 Å². The number of aliphatic hydroxyl groups excluding tert-OH is 3. The fourth-order valence-electron chi connectivity index (χ4n) is 5.51. The molecule has 0 bridgehead atoms. The highest BCUT2D eigenvalue weighted by molar-refractivity contribution is 5.76. The smallest absolute Gasteiger partial charge is 0.220 e. The van der Waals surface area contributed by atoms with Crippen molar-refractivity contribution in [3.63, 3.8) is 0 Å². The fraction of sp³-hybridized carbons (Fsp3) is 0.917. The molecule has 244 valence electrons. The molecule has 0 aliphatic carbocycles. The average Bonchev–Trinajstić information content (AvgIpc) is 2.97. The van der Waals surface area contributed by atoms with Gasteiger partial charge in [0.1, 0.15) is 6.10 Å². The number of nitrogens with one attached hydrogen (secondary N) is 1. The summed E-state index contributed by atoms with van der Waals surface area (Å²) in [7, 11) is 0. The molecular formula is C36H71NO4. The van der Waals surface area contributed by atoms with Gasteiger partial charge in [-0.05, 0) is 38.5 Å². The number of carbonyl (C=O) groups excluding carboxylic acids is 1. The molecule has 5 heteroatoms. The zero-order chi connectivity index (χ0) is 30.2. The molecule has 1 amide bonds. The van der Waals surface area contributed by atoms with Crippen LogP contribution in [0.2, 0.25) is 0 Å². The van der Waals surface area contributed by atoms with Crippen molar-refractivity contribution in [1.29, 1.82) is 0 Å². The maximum absolute atomic E-state index is 12.3. The zero-order valence-corrected chi connectivity index (χ0v) is 27.4. The van der Waals surface area contributed by atoms with Crippen molar-refractivity contribution in [2.75, 3.05) is 6.61 Å². The quantitative estimate of drug-likeness (QED) is 0.0471. The molecule has 0 radical (unpaired) electrons. The first-order chi connectivity index (χ1) is 20.1. The molecule has 0 heterocycles. The summed E-state index contributed by atoms with van der Waals surface area (Å²) in [6.45, 7) is 4.14. The Kier molecular flexibility index (Phi) is 31.3. The normalized spacial score (nSPS) is 14.0. The summed E-state index contributed by atoms with van der Waals surface area (Å²) in [6.07, 6.45) is 34.4. The van der Waals surface area contributed by atoms with Gasteiger partial charge >= 0.3 is 0 Å². The number of amides is 1. The minimum atomic E-state index is -1.15. The standard InChI is InChI=1S/C36H71NO4/c1-3-5-7-9-11-13-15-17-19-20-22-24-26-28-30-34(39)36(41)33(32-38)37-35(40)31-29-27-25-23-21-18-16-14-12-10-8-6-4-2/h22,24,33-34,36,38-39,41H,3-21,23,25-32H2,1-2H3,(H,37,40)/b24-22+. The second kappa shape index (κ2) is 32.0. The lowest BCUT2D eigenvalue weighted by molar-refractivity contribution is -0.124. The Morgan fingerprint density at radius 1 is 0.585 bits per heavy atom. The molecule has 5 nitrogen and oxygen atoms in total. The van der Waals surface area contributed by atoms with E-state index < -0.39 is 18.2 Å². The average molecular weight is 582 g/mol. The Morgan fingerprint density at radius 2 is 0.976 bits per heavy atom. The number of unbranched alkanes of at least 4 members (excludes halogenated alkanes) is 22. The first-order valence-corrected chi connectivity index (χ1v) is 18.0. The topological polar surface area (TPSA) is 89.8 Å². The maximum Gasteiger partial charge on any atom is 0.220 e. The molecule has 41 heavy (non-hydrogen) atoms. The second-order valence-electron chi connectivity index (χ2n) is 12.4. The van der Waals surface area contributed by atoms with Gasteiger partial charge in [-0.2, -0.15) is 0 Å². The third-order valence-corrected chi connectivity index (χ3v) is 8.37. The molecule has 0 aromatic heterocycles. The van der Waals surface area contributed by atoms with Gasteiger partial charge in [-0.1, -0.05) is 154 Å². The predicted molar refractivity (Wildman–Crippen MR) is 176 cm³/mol. The lowest BCUT2D eigenvalue weighted by atomic mass is 10.0. The van der Waals surface area contributed by atoms with Crippen LogP contribution in [-0.2, 0) is 4.79 Å². The maximum atomic E-state index is 12.3. The SMILES string of the molecule is CCCCCCCCCCC/C=C/CCCC(O)C(O)C(CO)NC(=O)CCCCCCCCCCCCCCC. The summed E-state index contributed by atoms with van der Waals surface area (Å²) < 4.78 is 0. The minimum absolute atomic E-state index is 0.155. The van der Waals surface area contributed by atoms with Crippen molar-refractivity contribution in [3.8, 4) is 0 Å². The zero-order valence-electron chi connectivity index (χ0n) is 27.4. The van der Waals surface area contributed by atoms with Crippen molar-refractivity contribution >= 4 is 5.91 Å². The van der Waals surface area contributed by atoms with Crippen molar-refractivity contribution in [1.82, 2.24) is 5.32 Å². The number of allylic oxidation sites excluding steroid dienone is 2. The van der Waals surface area contributed by atoms with E-state index in [0.717, 1.165) is 38.5 Å². The van der Waals surface area contributed by atoms with E-state index in [1.54, 1.807) is 0 Å². The van der Waals surface area contributed by atoms with Crippen LogP contribution in [0.3, 0.4) is 0 Å². The Hall–Kier alpha value is -0.910. The van der Waals surface area contributed by atoms with Crippen LogP contribution in [0.4, 0.5) is 0 Å². The Morgan fingerprint density at radius 3 is 1.41 bits per heavy atom. The Balaban J connectivity index is 3.74. The Bertz CT molecular complexity index is 568. The summed E-state index contributed by atoms with van der Waals surface area (Å²) in [6, 6.07) is -0.818. The van der Waals surface area contributed by atoms with Crippen LogP contribution in [0.25, 0.3) is 0 Å². The first-order valence-electron chi connectivity index (χ1n) is 18.0. The van der Waals surface area contributed by atoms with Crippen LogP contribution in [0.5, 0.6) is 0 Å². The summed E-state index contributed by atoms with van der Waals surface area (Å²) in [4.78, 5) is 12.3. The van der Waals surface area contributed by atoms with Crippen LogP contribution in [-0.4, -0.2) is 46.1 Å². The van der Waals surface area contributed by atoms with E-state index in [2.05, 4.69) is 31.3 Å². The van der Waals surface area contributed by atoms with Crippen molar-refractivity contribution in [2.45, 2.75) is 205 Å².